The Labute approximate surface area is 175 Å². The van der Waals surface area contributed by atoms with E-state index < -0.39 is 36.0 Å². The van der Waals surface area contributed by atoms with Crippen LogP contribution >= 0.6 is 15.9 Å². The van der Waals surface area contributed by atoms with Crippen molar-refractivity contribution in [2.75, 3.05) is 6.54 Å². The van der Waals surface area contributed by atoms with Crippen molar-refractivity contribution >= 4 is 39.8 Å². The van der Waals surface area contributed by atoms with Gasteiger partial charge in [-0.2, -0.15) is 0 Å². The largest absolute Gasteiger partial charge is 0.334 e. The van der Waals surface area contributed by atoms with Crippen LogP contribution in [-0.2, 0) is 21.7 Å². The molecule has 2 aromatic carbocycles. The minimum atomic E-state index is -1.31. The summed E-state index contributed by atoms with van der Waals surface area (Å²) < 4.78 is 0.655. The van der Waals surface area contributed by atoms with Gasteiger partial charge in [0.05, 0.1) is 0 Å². The van der Waals surface area contributed by atoms with Crippen LogP contribution in [-0.4, -0.2) is 35.3 Å². The number of hydrogen-bond acceptors (Lipinski definition) is 4. The van der Waals surface area contributed by atoms with E-state index in [1.165, 1.54) is 0 Å². The fourth-order valence-electron chi connectivity index (χ4n) is 3.02. The number of imide groups is 2. The Bertz CT molecular complexity index is 966. The lowest BCUT2D eigenvalue weighted by molar-refractivity contribution is -0.134. The van der Waals surface area contributed by atoms with Gasteiger partial charge in [0.25, 0.3) is 5.91 Å². The van der Waals surface area contributed by atoms with Crippen LogP contribution in [0.25, 0.3) is 0 Å². The lowest BCUT2D eigenvalue weighted by Gasteiger charge is -2.23. The van der Waals surface area contributed by atoms with Crippen molar-refractivity contribution < 1.29 is 19.2 Å². The SMILES string of the molecule is CC1(c2ccccc2Br)NC(=O)N(CC(=O)NC(=O)NCc2ccccc2)C1=O. The van der Waals surface area contributed by atoms with Crippen LogP contribution < -0.4 is 16.0 Å². The Morgan fingerprint density at radius 1 is 1.07 bits per heavy atom. The molecule has 1 aliphatic rings. The monoisotopic (exact) mass is 458 g/mol. The van der Waals surface area contributed by atoms with E-state index in [4.69, 9.17) is 0 Å². The fourth-order valence-corrected chi connectivity index (χ4v) is 3.70. The maximum atomic E-state index is 12.9. The molecule has 0 bridgehead atoms. The van der Waals surface area contributed by atoms with Gasteiger partial charge in [-0.1, -0.05) is 64.5 Å². The van der Waals surface area contributed by atoms with Crippen LogP contribution in [0.3, 0.4) is 0 Å². The zero-order chi connectivity index (χ0) is 21.0. The van der Waals surface area contributed by atoms with Gasteiger partial charge in [-0.05, 0) is 18.6 Å². The summed E-state index contributed by atoms with van der Waals surface area (Å²) in [6.07, 6.45) is 0. The van der Waals surface area contributed by atoms with Crippen molar-refractivity contribution in [3.8, 4) is 0 Å². The molecule has 0 spiro atoms. The molecule has 8 nitrogen and oxygen atoms in total. The van der Waals surface area contributed by atoms with Crippen LogP contribution in [0.15, 0.2) is 59.1 Å². The average Bonchev–Trinajstić information content (AvgIpc) is 2.91. The number of amides is 6. The van der Waals surface area contributed by atoms with Gasteiger partial charge in [-0.15, -0.1) is 0 Å². The summed E-state index contributed by atoms with van der Waals surface area (Å²) in [5.74, 6) is -1.34. The minimum Gasteiger partial charge on any atom is -0.334 e. The number of rotatable bonds is 5. The molecule has 1 fully saturated rings. The summed E-state index contributed by atoms with van der Waals surface area (Å²) in [5, 5.41) is 7.29. The van der Waals surface area contributed by atoms with Gasteiger partial charge in [0.15, 0.2) is 0 Å². The molecule has 150 valence electrons. The average molecular weight is 459 g/mol. The van der Waals surface area contributed by atoms with E-state index >= 15 is 0 Å². The van der Waals surface area contributed by atoms with E-state index in [2.05, 4.69) is 31.9 Å². The van der Waals surface area contributed by atoms with E-state index in [0.717, 1.165) is 10.5 Å². The second-order valence-electron chi connectivity index (χ2n) is 6.64. The first kappa shape index (κ1) is 20.5. The predicted molar refractivity (Wildman–Crippen MR) is 109 cm³/mol. The van der Waals surface area contributed by atoms with Gasteiger partial charge < -0.3 is 10.6 Å². The topological polar surface area (TPSA) is 108 Å². The van der Waals surface area contributed by atoms with Gasteiger partial charge in [0.2, 0.25) is 5.91 Å². The fraction of sp³-hybridized carbons (Fsp3) is 0.200. The van der Waals surface area contributed by atoms with E-state index in [9.17, 15) is 19.2 Å². The summed E-state index contributed by atoms with van der Waals surface area (Å²) >= 11 is 3.37. The van der Waals surface area contributed by atoms with Crippen LogP contribution in [0.2, 0.25) is 0 Å². The highest BCUT2D eigenvalue weighted by atomic mass is 79.9. The van der Waals surface area contributed by atoms with Crippen molar-refractivity contribution in [3.05, 3.63) is 70.2 Å². The zero-order valence-corrected chi connectivity index (χ0v) is 17.2. The van der Waals surface area contributed by atoms with Crippen molar-refractivity contribution in [2.45, 2.75) is 19.0 Å². The second-order valence-corrected chi connectivity index (χ2v) is 7.50. The van der Waals surface area contributed by atoms with Crippen molar-refractivity contribution in [1.29, 1.82) is 0 Å². The molecule has 6 amide bonds. The van der Waals surface area contributed by atoms with Gasteiger partial charge >= 0.3 is 12.1 Å². The molecule has 9 heteroatoms. The Morgan fingerprint density at radius 3 is 2.41 bits per heavy atom. The van der Waals surface area contributed by atoms with Crippen molar-refractivity contribution in [1.82, 2.24) is 20.9 Å². The van der Waals surface area contributed by atoms with Crippen LogP contribution in [0.4, 0.5) is 9.59 Å². The molecular weight excluding hydrogens is 440 g/mol. The first-order valence-electron chi connectivity index (χ1n) is 8.82. The number of urea groups is 2. The second kappa shape index (κ2) is 8.44. The van der Waals surface area contributed by atoms with Gasteiger partial charge in [0, 0.05) is 16.6 Å². The molecule has 1 aliphatic heterocycles. The smallest absolute Gasteiger partial charge is 0.325 e. The third kappa shape index (κ3) is 4.45. The van der Waals surface area contributed by atoms with E-state index in [-0.39, 0.29) is 6.54 Å². The number of nitrogens with one attached hydrogen (secondary N) is 3. The highest BCUT2D eigenvalue weighted by Crippen LogP contribution is 2.33. The van der Waals surface area contributed by atoms with Crippen molar-refractivity contribution in [2.24, 2.45) is 0 Å². The molecule has 3 rings (SSSR count). The molecule has 0 radical (unpaired) electrons. The molecular formula is C20H19BrN4O4. The minimum absolute atomic E-state index is 0.239. The Balaban J connectivity index is 1.60. The first-order valence-corrected chi connectivity index (χ1v) is 9.61. The third-order valence-electron chi connectivity index (χ3n) is 4.54. The molecule has 1 heterocycles. The molecule has 3 N–H and O–H groups in total. The van der Waals surface area contributed by atoms with Crippen LogP contribution in [0.5, 0.6) is 0 Å². The summed E-state index contributed by atoms with van der Waals surface area (Å²) in [7, 11) is 0. The lowest BCUT2D eigenvalue weighted by Crippen LogP contribution is -2.46. The number of benzene rings is 2. The summed E-state index contributed by atoms with van der Waals surface area (Å²) in [6.45, 7) is 1.24. The lowest BCUT2D eigenvalue weighted by atomic mass is 9.92. The standard InChI is InChI=1S/C20H19BrN4O4/c1-20(14-9-5-6-10-15(14)21)17(27)25(19(29)24-20)12-16(26)23-18(28)22-11-13-7-3-2-4-8-13/h2-10H,11-12H2,1H3,(H,24,29)(H2,22,23,26,28). The van der Waals surface area contributed by atoms with Crippen LogP contribution in [0.1, 0.15) is 18.1 Å². The Kier molecular flexibility index (Phi) is 5.97. The highest BCUT2D eigenvalue weighted by molar-refractivity contribution is 9.10. The molecule has 0 aliphatic carbocycles. The quantitative estimate of drug-likeness (QED) is 0.597. The van der Waals surface area contributed by atoms with E-state index in [1.807, 2.05) is 30.3 Å². The molecule has 2 aromatic rings. The van der Waals surface area contributed by atoms with Crippen LogP contribution in [0, 0.1) is 0 Å². The Hall–Kier alpha value is -3.20. The molecule has 1 atom stereocenters. The molecule has 29 heavy (non-hydrogen) atoms. The maximum Gasteiger partial charge on any atom is 0.325 e. The number of halogens is 1. The summed E-state index contributed by atoms with van der Waals surface area (Å²) in [6, 6.07) is 14.8. The molecule has 1 saturated heterocycles. The number of hydrogen-bond donors (Lipinski definition) is 3. The number of carbonyl (C=O) groups is 4. The number of carbonyl (C=O) groups excluding carboxylic acids is 4. The van der Waals surface area contributed by atoms with Gasteiger partial charge in [0.1, 0.15) is 12.1 Å². The normalized spacial score (nSPS) is 18.3. The van der Waals surface area contributed by atoms with E-state index in [1.54, 1.807) is 31.2 Å². The zero-order valence-electron chi connectivity index (χ0n) is 15.6. The van der Waals surface area contributed by atoms with Gasteiger partial charge in [-0.3, -0.25) is 19.8 Å². The molecule has 1 unspecified atom stereocenters. The first-order chi connectivity index (χ1) is 13.8. The Morgan fingerprint density at radius 2 is 1.72 bits per heavy atom. The summed E-state index contributed by atoms with van der Waals surface area (Å²) in [4.78, 5) is 50.0. The van der Waals surface area contributed by atoms with E-state index in [0.29, 0.717) is 10.0 Å². The van der Waals surface area contributed by atoms with Crippen molar-refractivity contribution in [3.63, 3.8) is 0 Å². The number of nitrogens with zero attached hydrogens (tertiary/aromatic N) is 1. The molecule has 0 saturated carbocycles. The van der Waals surface area contributed by atoms with Gasteiger partial charge in [-0.25, -0.2) is 9.59 Å². The highest BCUT2D eigenvalue weighted by Gasteiger charge is 2.50. The maximum absolute atomic E-state index is 12.9. The third-order valence-corrected chi connectivity index (χ3v) is 5.23. The summed E-state index contributed by atoms with van der Waals surface area (Å²) in [5.41, 5.74) is 0.128. The molecule has 0 aromatic heterocycles. The predicted octanol–water partition coefficient (Wildman–Crippen LogP) is 2.24.